The van der Waals surface area contributed by atoms with Gasteiger partial charge in [0.15, 0.2) is 0 Å². The van der Waals surface area contributed by atoms with Crippen LogP contribution < -0.4 is 11.3 Å². The van der Waals surface area contributed by atoms with E-state index in [0.717, 1.165) is 16.8 Å². The van der Waals surface area contributed by atoms with E-state index in [2.05, 4.69) is 24.9 Å². The van der Waals surface area contributed by atoms with Crippen LogP contribution in [0.2, 0.25) is 0 Å². The number of aromatic nitrogens is 5. The molecule has 1 aromatic carbocycles. The number of H-pyrrole nitrogens is 2. The summed E-state index contributed by atoms with van der Waals surface area (Å²) < 4.78 is 0. The zero-order valence-electron chi connectivity index (χ0n) is 11.7. The minimum Gasteiger partial charge on any atom is -0.382 e. The lowest BCUT2D eigenvalue weighted by Crippen LogP contribution is -2.04. The SMILES string of the molecule is Cc1nc2cccc(-c3cc4c(=O)[nH]cnc4[nH]3)c2nc1N. The van der Waals surface area contributed by atoms with Gasteiger partial charge in [-0.15, -0.1) is 0 Å². The van der Waals surface area contributed by atoms with Gasteiger partial charge in [-0.25, -0.2) is 15.0 Å². The molecule has 0 radical (unpaired) electrons. The van der Waals surface area contributed by atoms with E-state index in [-0.39, 0.29) is 5.56 Å². The number of nitrogens with two attached hydrogens (primary N) is 1. The molecular formula is C15H12N6O. The lowest BCUT2D eigenvalue weighted by molar-refractivity contribution is 1.16. The monoisotopic (exact) mass is 292 g/mol. The summed E-state index contributed by atoms with van der Waals surface area (Å²) >= 11 is 0. The number of anilines is 1. The van der Waals surface area contributed by atoms with E-state index in [1.54, 1.807) is 6.07 Å². The van der Waals surface area contributed by atoms with Crippen molar-refractivity contribution in [2.45, 2.75) is 6.92 Å². The summed E-state index contributed by atoms with van der Waals surface area (Å²) in [7, 11) is 0. The number of hydrogen-bond acceptors (Lipinski definition) is 5. The highest BCUT2D eigenvalue weighted by atomic mass is 16.1. The number of hydrogen-bond donors (Lipinski definition) is 3. The van der Waals surface area contributed by atoms with Gasteiger partial charge in [0.25, 0.3) is 5.56 Å². The molecule has 0 saturated carbocycles. The van der Waals surface area contributed by atoms with Gasteiger partial charge in [-0.1, -0.05) is 12.1 Å². The molecule has 4 rings (SSSR count). The highest BCUT2D eigenvalue weighted by molar-refractivity contribution is 5.94. The second-order valence-corrected chi connectivity index (χ2v) is 5.04. The Hall–Kier alpha value is -3.22. The van der Waals surface area contributed by atoms with E-state index in [1.165, 1.54) is 6.33 Å². The standard InChI is InChI=1S/C15H12N6O/c1-7-13(16)21-12-8(3-2-4-10(12)19-7)11-5-9-14(20-11)17-6-18-15(9)22/h2-6H,1H3,(H2,16,21)(H2,17,18,20,22). The van der Waals surface area contributed by atoms with E-state index in [4.69, 9.17) is 5.73 Å². The van der Waals surface area contributed by atoms with Crippen LogP contribution >= 0.6 is 0 Å². The molecule has 0 unspecified atom stereocenters. The number of nitrogens with one attached hydrogen (secondary N) is 2. The number of nitrogens with zero attached hydrogens (tertiary/aromatic N) is 3. The van der Waals surface area contributed by atoms with Gasteiger partial charge in [0.05, 0.1) is 28.6 Å². The van der Waals surface area contributed by atoms with Crippen LogP contribution in [0, 0.1) is 6.92 Å². The predicted molar refractivity (Wildman–Crippen MR) is 84.4 cm³/mol. The normalized spacial score (nSPS) is 11.3. The van der Waals surface area contributed by atoms with Crippen molar-refractivity contribution >= 4 is 27.9 Å². The molecule has 22 heavy (non-hydrogen) atoms. The van der Waals surface area contributed by atoms with Gasteiger partial charge in [-0.2, -0.15) is 0 Å². The smallest absolute Gasteiger partial charge is 0.260 e. The van der Waals surface area contributed by atoms with E-state index in [9.17, 15) is 4.79 Å². The summed E-state index contributed by atoms with van der Waals surface area (Å²) in [5.41, 5.74) is 9.94. The summed E-state index contributed by atoms with van der Waals surface area (Å²) in [6, 6.07) is 7.44. The third-order valence-corrected chi connectivity index (χ3v) is 3.63. The Morgan fingerprint density at radius 2 is 2.09 bits per heavy atom. The summed E-state index contributed by atoms with van der Waals surface area (Å²) in [4.78, 5) is 30.5. The Labute approximate surface area is 124 Å². The van der Waals surface area contributed by atoms with Gasteiger partial charge in [-0.3, -0.25) is 4.79 Å². The van der Waals surface area contributed by atoms with E-state index < -0.39 is 0 Å². The van der Waals surface area contributed by atoms with Crippen molar-refractivity contribution in [3.8, 4) is 11.3 Å². The molecule has 0 aliphatic rings. The highest BCUT2D eigenvalue weighted by Gasteiger charge is 2.12. The molecule has 0 atom stereocenters. The molecule has 3 heterocycles. The molecule has 3 aromatic heterocycles. The van der Waals surface area contributed by atoms with Crippen molar-refractivity contribution in [2.24, 2.45) is 0 Å². The number of nitrogen functional groups attached to an aromatic ring is 1. The second-order valence-electron chi connectivity index (χ2n) is 5.04. The number of benzene rings is 1. The molecule has 7 heteroatoms. The fourth-order valence-corrected chi connectivity index (χ4v) is 2.49. The van der Waals surface area contributed by atoms with Gasteiger partial charge in [0.2, 0.25) is 0 Å². The number of aromatic amines is 2. The topological polar surface area (TPSA) is 113 Å². The first-order chi connectivity index (χ1) is 10.6. The summed E-state index contributed by atoms with van der Waals surface area (Å²) in [6.07, 6.45) is 1.37. The molecule has 0 saturated heterocycles. The summed E-state index contributed by atoms with van der Waals surface area (Å²) in [5.74, 6) is 0.395. The van der Waals surface area contributed by atoms with E-state index in [1.807, 2.05) is 25.1 Å². The molecule has 108 valence electrons. The van der Waals surface area contributed by atoms with Gasteiger partial charge >= 0.3 is 0 Å². The molecule has 0 spiro atoms. The Morgan fingerprint density at radius 3 is 2.91 bits per heavy atom. The molecule has 4 N–H and O–H groups in total. The van der Waals surface area contributed by atoms with Gasteiger partial charge in [0, 0.05) is 5.56 Å². The first kappa shape index (κ1) is 12.5. The van der Waals surface area contributed by atoms with E-state index in [0.29, 0.717) is 28.1 Å². The van der Waals surface area contributed by atoms with Gasteiger partial charge in [0.1, 0.15) is 17.0 Å². The quantitative estimate of drug-likeness (QED) is 0.494. The number of rotatable bonds is 1. The Balaban J connectivity index is 2.05. The molecule has 0 aliphatic heterocycles. The molecule has 7 nitrogen and oxygen atoms in total. The first-order valence-electron chi connectivity index (χ1n) is 6.73. The van der Waals surface area contributed by atoms with Crippen LogP contribution in [-0.2, 0) is 0 Å². The fraction of sp³-hybridized carbons (Fsp3) is 0.0667. The molecule has 0 amide bonds. The average molecular weight is 292 g/mol. The maximum atomic E-state index is 11.8. The molecule has 0 bridgehead atoms. The van der Waals surface area contributed by atoms with Crippen LogP contribution in [0.25, 0.3) is 33.3 Å². The number of para-hydroxylation sites is 1. The summed E-state index contributed by atoms with van der Waals surface area (Å²) in [5, 5.41) is 0.502. The van der Waals surface area contributed by atoms with Crippen LogP contribution in [0.4, 0.5) is 5.82 Å². The van der Waals surface area contributed by atoms with Crippen LogP contribution in [0.5, 0.6) is 0 Å². The van der Waals surface area contributed by atoms with Crippen molar-refractivity contribution in [2.75, 3.05) is 5.73 Å². The lowest BCUT2D eigenvalue weighted by atomic mass is 10.1. The Kier molecular flexibility index (Phi) is 2.50. The fourth-order valence-electron chi connectivity index (χ4n) is 2.49. The van der Waals surface area contributed by atoms with Gasteiger partial charge < -0.3 is 15.7 Å². The molecule has 0 aliphatic carbocycles. The van der Waals surface area contributed by atoms with Crippen LogP contribution in [0.15, 0.2) is 35.4 Å². The highest BCUT2D eigenvalue weighted by Crippen LogP contribution is 2.28. The number of aryl methyl sites for hydroxylation is 1. The molecular weight excluding hydrogens is 280 g/mol. The van der Waals surface area contributed by atoms with Crippen molar-refractivity contribution in [3.05, 3.63) is 46.6 Å². The van der Waals surface area contributed by atoms with Crippen molar-refractivity contribution < 1.29 is 0 Å². The van der Waals surface area contributed by atoms with Crippen LogP contribution in [0.3, 0.4) is 0 Å². The second kappa shape index (κ2) is 4.39. The predicted octanol–water partition coefficient (Wildman–Crippen LogP) is 1.75. The minimum absolute atomic E-state index is 0.186. The first-order valence-corrected chi connectivity index (χ1v) is 6.73. The Bertz CT molecular complexity index is 1080. The lowest BCUT2D eigenvalue weighted by Gasteiger charge is -2.06. The zero-order valence-corrected chi connectivity index (χ0v) is 11.7. The van der Waals surface area contributed by atoms with Crippen LogP contribution in [-0.4, -0.2) is 24.9 Å². The van der Waals surface area contributed by atoms with Crippen molar-refractivity contribution in [1.29, 1.82) is 0 Å². The Morgan fingerprint density at radius 1 is 1.23 bits per heavy atom. The zero-order chi connectivity index (χ0) is 15.3. The third kappa shape index (κ3) is 1.76. The average Bonchev–Trinajstić information content (AvgIpc) is 2.93. The number of fused-ring (bicyclic) bond motifs is 2. The van der Waals surface area contributed by atoms with E-state index >= 15 is 0 Å². The van der Waals surface area contributed by atoms with Gasteiger partial charge in [-0.05, 0) is 19.1 Å². The van der Waals surface area contributed by atoms with Crippen LogP contribution in [0.1, 0.15) is 5.69 Å². The molecule has 0 fully saturated rings. The van der Waals surface area contributed by atoms with Crippen molar-refractivity contribution in [1.82, 2.24) is 24.9 Å². The molecule has 4 aromatic rings. The maximum Gasteiger partial charge on any atom is 0.260 e. The van der Waals surface area contributed by atoms with Crippen molar-refractivity contribution in [3.63, 3.8) is 0 Å². The third-order valence-electron chi connectivity index (χ3n) is 3.63. The maximum absolute atomic E-state index is 11.8. The summed E-state index contributed by atoms with van der Waals surface area (Å²) in [6.45, 7) is 1.82. The largest absolute Gasteiger partial charge is 0.382 e. The minimum atomic E-state index is -0.186.